The molecule has 0 radical (unpaired) electrons. The number of nitrogens with one attached hydrogen (secondary N) is 1. The summed E-state index contributed by atoms with van der Waals surface area (Å²) in [6.07, 6.45) is 1.80. The van der Waals surface area contributed by atoms with Crippen LogP contribution >= 0.6 is 11.6 Å². The molecule has 0 aliphatic heterocycles. The fourth-order valence-electron chi connectivity index (χ4n) is 1.16. The summed E-state index contributed by atoms with van der Waals surface area (Å²) in [4.78, 5) is 25.1. The van der Waals surface area contributed by atoms with Crippen molar-refractivity contribution < 1.29 is 9.72 Å². The molecule has 0 aromatic carbocycles. The topological polar surface area (TPSA) is 109 Å². The highest BCUT2D eigenvalue weighted by atomic mass is 35.5. The summed E-state index contributed by atoms with van der Waals surface area (Å²) in [6.45, 7) is 0.297. The number of aromatic nitrogens is 1. The first-order chi connectivity index (χ1) is 8.56. The summed E-state index contributed by atoms with van der Waals surface area (Å²) in [5.74, 6) is -0.547. The van der Waals surface area contributed by atoms with E-state index >= 15 is 0 Å². The largest absolute Gasteiger partial charge is 0.352 e. The van der Waals surface area contributed by atoms with Crippen molar-refractivity contribution in [3.63, 3.8) is 0 Å². The third-order valence-corrected chi connectivity index (χ3v) is 2.33. The third kappa shape index (κ3) is 3.68. The van der Waals surface area contributed by atoms with Gasteiger partial charge in [-0.3, -0.25) is 14.9 Å². The lowest BCUT2D eigenvalue weighted by Crippen LogP contribution is -2.25. The highest BCUT2D eigenvalue weighted by Gasteiger charge is 2.16. The molecule has 1 aromatic rings. The second-order valence-corrected chi connectivity index (χ2v) is 3.66. The maximum atomic E-state index is 11.7. The Morgan fingerprint density at radius 2 is 2.39 bits per heavy atom. The zero-order valence-corrected chi connectivity index (χ0v) is 9.98. The average molecular weight is 269 g/mol. The van der Waals surface area contributed by atoms with E-state index in [1.165, 1.54) is 0 Å². The molecule has 0 fully saturated rings. The summed E-state index contributed by atoms with van der Waals surface area (Å²) >= 11 is 5.69. The van der Waals surface area contributed by atoms with Crippen molar-refractivity contribution in [2.75, 3.05) is 6.54 Å². The quantitative estimate of drug-likeness (QED) is 0.378. The maximum Gasteiger partial charge on any atom is 0.288 e. The molecule has 0 atom stereocenters. The molecule has 1 rings (SSSR count). The van der Waals surface area contributed by atoms with Crippen molar-refractivity contribution in [3.05, 3.63) is 33.1 Å². The molecule has 0 spiro atoms. The van der Waals surface area contributed by atoms with Gasteiger partial charge in [-0.2, -0.15) is 5.26 Å². The van der Waals surface area contributed by atoms with Gasteiger partial charge < -0.3 is 5.32 Å². The molecule has 0 saturated carbocycles. The Labute approximate surface area is 108 Å². The normalized spacial score (nSPS) is 9.56. The smallest absolute Gasteiger partial charge is 0.288 e. The Balaban J connectivity index is 2.76. The number of halogens is 1. The lowest BCUT2D eigenvalue weighted by atomic mass is 10.2. The van der Waals surface area contributed by atoms with Crippen LogP contribution in [0.1, 0.15) is 23.2 Å². The summed E-state index contributed by atoms with van der Waals surface area (Å²) < 4.78 is 0. The van der Waals surface area contributed by atoms with Gasteiger partial charge in [0.1, 0.15) is 11.3 Å². The van der Waals surface area contributed by atoms with Crippen LogP contribution in [0.2, 0.25) is 5.15 Å². The Kier molecular flexibility index (Phi) is 5.02. The van der Waals surface area contributed by atoms with Gasteiger partial charge in [0.15, 0.2) is 0 Å². The predicted octanol–water partition coefficient (Wildman–Crippen LogP) is 1.68. The Bertz CT molecular complexity index is 512. The van der Waals surface area contributed by atoms with Crippen molar-refractivity contribution in [2.45, 2.75) is 12.8 Å². The number of rotatable bonds is 5. The van der Waals surface area contributed by atoms with Crippen LogP contribution in [0.4, 0.5) is 5.69 Å². The second kappa shape index (κ2) is 6.51. The number of unbranched alkanes of at least 4 members (excludes halogenated alkanes) is 1. The SMILES string of the molecule is N#CCCCNC(=O)c1cc([N+](=O)[O-])cnc1Cl. The molecule has 1 heterocycles. The Hall–Kier alpha value is -2.20. The zero-order chi connectivity index (χ0) is 13.5. The molecule has 94 valence electrons. The molecule has 1 N–H and O–H groups in total. The van der Waals surface area contributed by atoms with Crippen LogP contribution in [0.3, 0.4) is 0 Å². The van der Waals surface area contributed by atoms with Crippen LogP contribution in [0.15, 0.2) is 12.3 Å². The molecule has 0 bridgehead atoms. The molecule has 1 aromatic heterocycles. The van der Waals surface area contributed by atoms with Gasteiger partial charge in [-0.05, 0) is 6.42 Å². The minimum Gasteiger partial charge on any atom is -0.352 e. The van der Waals surface area contributed by atoms with Gasteiger partial charge in [0.05, 0.1) is 16.6 Å². The van der Waals surface area contributed by atoms with Gasteiger partial charge in [0.2, 0.25) is 0 Å². The average Bonchev–Trinajstić information content (AvgIpc) is 2.34. The standard InChI is InChI=1S/C10H9ClN4O3/c11-9-8(5-7(6-14-9)15(17)18)10(16)13-4-2-1-3-12/h5-6H,1-2,4H2,(H,13,16). The predicted molar refractivity (Wildman–Crippen MR) is 63.1 cm³/mol. The summed E-state index contributed by atoms with van der Waals surface area (Å²) in [5, 5.41) is 21.3. The number of nitro groups is 1. The molecule has 1 amide bonds. The van der Waals surface area contributed by atoms with Crippen LogP contribution in [0.25, 0.3) is 0 Å². The van der Waals surface area contributed by atoms with Crippen molar-refractivity contribution in [1.82, 2.24) is 10.3 Å². The molecular formula is C10H9ClN4O3. The van der Waals surface area contributed by atoms with Gasteiger partial charge >= 0.3 is 0 Å². The molecule has 18 heavy (non-hydrogen) atoms. The molecule has 0 aliphatic rings. The number of carbonyl (C=O) groups excluding carboxylic acids is 1. The summed E-state index contributed by atoms with van der Waals surface area (Å²) in [5.41, 5.74) is -0.357. The van der Waals surface area contributed by atoms with Gasteiger partial charge in [0, 0.05) is 19.0 Å². The van der Waals surface area contributed by atoms with E-state index in [9.17, 15) is 14.9 Å². The minimum atomic E-state index is -0.657. The number of hydrogen-bond donors (Lipinski definition) is 1. The highest BCUT2D eigenvalue weighted by Crippen LogP contribution is 2.18. The highest BCUT2D eigenvalue weighted by molar-refractivity contribution is 6.32. The first-order valence-corrected chi connectivity index (χ1v) is 5.39. The lowest BCUT2D eigenvalue weighted by molar-refractivity contribution is -0.385. The number of nitriles is 1. The lowest BCUT2D eigenvalue weighted by Gasteiger charge is -2.04. The van der Waals surface area contributed by atoms with Crippen molar-refractivity contribution in [3.8, 4) is 6.07 Å². The van der Waals surface area contributed by atoms with Crippen LogP contribution in [0.5, 0.6) is 0 Å². The van der Waals surface area contributed by atoms with E-state index in [2.05, 4.69) is 10.3 Å². The van der Waals surface area contributed by atoms with E-state index in [0.717, 1.165) is 12.3 Å². The number of amides is 1. The van der Waals surface area contributed by atoms with Crippen LogP contribution in [-0.4, -0.2) is 22.4 Å². The molecule has 0 unspecified atom stereocenters. The van der Waals surface area contributed by atoms with Gasteiger partial charge in [-0.15, -0.1) is 0 Å². The van der Waals surface area contributed by atoms with Gasteiger partial charge in [-0.1, -0.05) is 11.6 Å². The number of carbonyl (C=O) groups is 1. The number of hydrogen-bond acceptors (Lipinski definition) is 5. The van der Waals surface area contributed by atoms with Gasteiger partial charge in [-0.25, -0.2) is 4.98 Å². The zero-order valence-electron chi connectivity index (χ0n) is 9.22. The van der Waals surface area contributed by atoms with E-state index in [-0.39, 0.29) is 16.4 Å². The number of pyridine rings is 1. The maximum absolute atomic E-state index is 11.7. The molecule has 0 aliphatic carbocycles. The van der Waals surface area contributed by atoms with Gasteiger partial charge in [0.25, 0.3) is 11.6 Å². The van der Waals surface area contributed by atoms with Crippen LogP contribution in [0, 0.1) is 21.4 Å². The fourth-order valence-corrected chi connectivity index (χ4v) is 1.35. The molecule has 8 heteroatoms. The number of nitrogens with zero attached hydrogens (tertiary/aromatic N) is 3. The first-order valence-electron chi connectivity index (χ1n) is 5.01. The molecule has 0 saturated heterocycles. The van der Waals surface area contributed by atoms with Crippen molar-refractivity contribution in [1.29, 1.82) is 5.26 Å². The summed E-state index contributed by atoms with van der Waals surface area (Å²) in [6, 6.07) is 3.00. The van der Waals surface area contributed by atoms with E-state index in [1.54, 1.807) is 0 Å². The fraction of sp³-hybridized carbons (Fsp3) is 0.300. The molecular weight excluding hydrogens is 260 g/mol. The second-order valence-electron chi connectivity index (χ2n) is 3.31. The van der Waals surface area contributed by atoms with Crippen molar-refractivity contribution in [2.24, 2.45) is 0 Å². The van der Waals surface area contributed by atoms with E-state index in [1.807, 2.05) is 6.07 Å². The monoisotopic (exact) mass is 268 g/mol. The summed E-state index contributed by atoms with van der Waals surface area (Å²) in [7, 11) is 0. The van der Waals surface area contributed by atoms with Crippen LogP contribution < -0.4 is 5.32 Å². The first kappa shape index (κ1) is 13.9. The van der Waals surface area contributed by atoms with Crippen LogP contribution in [-0.2, 0) is 0 Å². The van der Waals surface area contributed by atoms with Crippen molar-refractivity contribution >= 4 is 23.2 Å². The third-order valence-electron chi connectivity index (χ3n) is 2.03. The molecule has 7 nitrogen and oxygen atoms in total. The Morgan fingerprint density at radius 3 is 3.00 bits per heavy atom. The van der Waals surface area contributed by atoms with E-state index in [0.29, 0.717) is 19.4 Å². The minimum absolute atomic E-state index is 0.0529. The van der Waals surface area contributed by atoms with E-state index in [4.69, 9.17) is 16.9 Å². The Morgan fingerprint density at radius 1 is 1.67 bits per heavy atom. The van der Waals surface area contributed by atoms with E-state index < -0.39 is 10.8 Å².